The highest BCUT2D eigenvalue weighted by Crippen LogP contribution is 2.15. The zero-order valence-corrected chi connectivity index (χ0v) is 8.18. The first kappa shape index (κ1) is 9.72. The van der Waals surface area contributed by atoms with Gasteiger partial charge in [-0.15, -0.1) is 5.10 Å². The van der Waals surface area contributed by atoms with Crippen LogP contribution in [0.2, 0.25) is 0 Å². The maximum Gasteiger partial charge on any atom is 0.170 e. The molecule has 1 aromatic carbocycles. The molecule has 0 aliphatic carbocycles. The largest absolute Gasteiger partial charge is 0.324 e. The van der Waals surface area contributed by atoms with Gasteiger partial charge in [-0.25, -0.2) is 4.39 Å². The highest BCUT2D eigenvalue weighted by Gasteiger charge is 2.09. The van der Waals surface area contributed by atoms with Gasteiger partial charge in [0.1, 0.15) is 5.82 Å². The highest BCUT2D eigenvalue weighted by atomic mass is 19.1. The Balaban J connectivity index is 2.58. The first-order chi connectivity index (χ1) is 7.22. The Morgan fingerprint density at radius 1 is 1.47 bits per heavy atom. The highest BCUT2D eigenvalue weighted by molar-refractivity contribution is 5.40. The van der Waals surface area contributed by atoms with Gasteiger partial charge in [0, 0.05) is 0 Å². The van der Waals surface area contributed by atoms with Gasteiger partial charge in [-0.05, 0) is 35.0 Å². The Bertz CT molecular complexity index is 479. The molecule has 0 saturated carbocycles. The molecule has 0 aliphatic heterocycles. The van der Waals surface area contributed by atoms with Crippen molar-refractivity contribution in [2.45, 2.75) is 13.5 Å². The van der Waals surface area contributed by atoms with Crippen LogP contribution >= 0.6 is 0 Å². The Morgan fingerprint density at radius 2 is 2.27 bits per heavy atom. The molecule has 0 radical (unpaired) electrons. The number of benzene rings is 1. The van der Waals surface area contributed by atoms with Gasteiger partial charge < -0.3 is 5.73 Å². The van der Waals surface area contributed by atoms with Crippen LogP contribution in [-0.4, -0.2) is 20.2 Å². The predicted octanol–water partition coefficient (Wildman–Crippen LogP) is 0.569. The van der Waals surface area contributed by atoms with Crippen LogP contribution in [0, 0.1) is 12.7 Å². The topological polar surface area (TPSA) is 69.6 Å². The van der Waals surface area contributed by atoms with E-state index >= 15 is 0 Å². The number of tetrazole rings is 1. The molecule has 2 aromatic rings. The summed E-state index contributed by atoms with van der Waals surface area (Å²) in [5.74, 6) is 0.178. The van der Waals surface area contributed by atoms with E-state index in [1.807, 2.05) is 6.92 Å². The smallest absolute Gasteiger partial charge is 0.170 e. The Labute approximate surface area is 85.7 Å². The summed E-state index contributed by atoms with van der Waals surface area (Å²) in [4.78, 5) is 0. The summed E-state index contributed by atoms with van der Waals surface area (Å²) >= 11 is 0. The van der Waals surface area contributed by atoms with Gasteiger partial charge in [0.2, 0.25) is 0 Å². The predicted molar refractivity (Wildman–Crippen MR) is 51.7 cm³/mol. The molecule has 2 N–H and O–H groups in total. The van der Waals surface area contributed by atoms with E-state index in [4.69, 9.17) is 5.73 Å². The van der Waals surface area contributed by atoms with Crippen molar-refractivity contribution in [1.29, 1.82) is 0 Å². The normalized spacial score (nSPS) is 10.6. The number of aromatic nitrogens is 4. The molecule has 1 heterocycles. The maximum atomic E-state index is 13.1. The van der Waals surface area contributed by atoms with E-state index in [2.05, 4.69) is 15.5 Å². The van der Waals surface area contributed by atoms with Crippen molar-refractivity contribution in [3.05, 3.63) is 35.4 Å². The fourth-order valence-corrected chi connectivity index (χ4v) is 1.33. The van der Waals surface area contributed by atoms with E-state index in [9.17, 15) is 4.39 Å². The lowest BCUT2D eigenvalue weighted by molar-refractivity contribution is 0.623. The minimum atomic E-state index is -0.325. The molecular formula is C9H10FN5. The van der Waals surface area contributed by atoms with E-state index in [0.717, 1.165) is 5.56 Å². The molecule has 0 spiro atoms. The zero-order valence-electron chi connectivity index (χ0n) is 8.18. The Kier molecular flexibility index (Phi) is 2.42. The van der Waals surface area contributed by atoms with Crippen molar-refractivity contribution in [2.24, 2.45) is 5.73 Å². The second kappa shape index (κ2) is 3.74. The number of nitrogens with zero attached hydrogens (tertiary/aromatic N) is 4. The molecular weight excluding hydrogens is 197 g/mol. The molecule has 78 valence electrons. The molecule has 0 amide bonds. The SMILES string of the molecule is Cc1ccc(F)cc1-n1nnnc1CN. The molecule has 0 aliphatic rings. The van der Waals surface area contributed by atoms with Crippen LogP contribution in [0.25, 0.3) is 5.69 Å². The third-order valence-corrected chi connectivity index (χ3v) is 2.12. The number of hydrogen-bond acceptors (Lipinski definition) is 4. The van der Waals surface area contributed by atoms with E-state index < -0.39 is 0 Å². The molecule has 0 bridgehead atoms. The summed E-state index contributed by atoms with van der Waals surface area (Å²) in [7, 11) is 0. The number of halogens is 1. The van der Waals surface area contributed by atoms with Gasteiger partial charge in [0.15, 0.2) is 5.82 Å². The molecule has 0 unspecified atom stereocenters. The van der Waals surface area contributed by atoms with Crippen LogP contribution in [0.15, 0.2) is 18.2 Å². The second-order valence-electron chi connectivity index (χ2n) is 3.14. The van der Waals surface area contributed by atoms with Gasteiger partial charge >= 0.3 is 0 Å². The lowest BCUT2D eigenvalue weighted by Gasteiger charge is -2.06. The van der Waals surface area contributed by atoms with Crippen LogP contribution < -0.4 is 5.73 Å². The van der Waals surface area contributed by atoms with Crippen molar-refractivity contribution in [3.63, 3.8) is 0 Å². The second-order valence-corrected chi connectivity index (χ2v) is 3.14. The minimum absolute atomic E-state index is 0.211. The Hall–Kier alpha value is -1.82. The minimum Gasteiger partial charge on any atom is -0.324 e. The summed E-state index contributed by atoms with van der Waals surface area (Å²) in [5, 5.41) is 11.0. The Morgan fingerprint density at radius 3 is 3.00 bits per heavy atom. The van der Waals surface area contributed by atoms with Gasteiger partial charge in [0.25, 0.3) is 0 Å². The van der Waals surface area contributed by atoms with Crippen LogP contribution in [0.5, 0.6) is 0 Å². The number of nitrogens with two attached hydrogens (primary N) is 1. The molecule has 0 fully saturated rings. The molecule has 6 heteroatoms. The third-order valence-electron chi connectivity index (χ3n) is 2.12. The first-order valence-electron chi connectivity index (χ1n) is 4.46. The zero-order chi connectivity index (χ0) is 10.8. The lowest BCUT2D eigenvalue weighted by atomic mass is 10.2. The van der Waals surface area contributed by atoms with Crippen molar-refractivity contribution in [3.8, 4) is 5.69 Å². The van der Waals surface area contributed by atoms with E-state index in [-0.39, 0.29) is 12.4 Å². The third kappa shape index (κ3) is 1.71. The first-order valence-corrected chi connectivity index (χ1v) is 4.46. The van der Waals surface area contributed by atoms with Crippen LogP contribution in [-0.2, 0) is 6.54 Å². The van der Waals surface area contributed by atoms with Crippen molar-refractivity contribution >= 4 is 0 Å². The van der Waals surface area contributed by atoms with Gasteiger partial charge in [-0.3, -0.25) is 0 Å². The number of rotatable bonds is 2. The van der Waals surface area contributed by atoms with Crippen LogP contribution in [0.4, 0.5) is 4.39 Å². The van der Waals surface area contributed by atoms with Crippen LogP contribution in [0.3, 0.4) is 0 Å². The van der Waals surface area contributed by atoms with Crippen molar-refractivity contribution in [1.82, 2.24) is 20.2 Å². The summed E-state index contributed by atoms with van der Waals surface area (Å²) in [6.45, 7) is 2.07. The summed E-state index contributed by atoms with van der Waals surface area (Å²) in [6.07, 6.45) is 0. The van der Waals surface area contributed by atoms with E-state index in [0.29, 0.717) is 11.5 Å². The fraction of sp³-hybridized carbons (Fsp3) is 0.222. The van der Waals surface area contributed by atoms with E-state index in [1.165, 1.54) is 16.8 Å². The molecule has 0 saturated heterocycles. The molecule has 1 aromatic heterocycles. The number of hydrogen-bond donors (Lipinski definition) is 1. The van der Waals surface area contributed by atoms with Crippen molar-refractivity contribution in [2.75, 3.05) is 0 Å². The molecule has 2 rings (SSSR count). The molecule has 15 heavy (non-hydrogen) atoms. The van der Waals surface area contributed by atoms with E-state index in [1.54, 1.807) is 6.07 Å². The number of aryl methyl sites for hydroxylation is 1. The molecule has 0 atom stereocenters. The van der Waals surface area contributed by atoms with Gasteiger partial charge in [0.05, 0.1) is 12.2 Å². The van der Waals surface area contributed by atoms with Gasteiger partial charge in [-0.2, -0.15) is 4.68 Å². The average molecular weight is 207 g/mol. The van der Waals surface area contributed by atoms with Gasteiger partial charge in [-0.1, -0.05) is 6.07 Å². The maximum absolute atomic E-state index is 13.1. The average Bonchev–Trinajstić information content (AvgIpc) is 2.69. The monoisotopic (exact) mass is 207 g/mol. The quantitative estimate of drug-likeness (QED) is 0.781. The van der Waals surface area contributed by atoms with Crippen molar-refractivity contribution < 1.29 is 4.39 Å². The van der Waals surface area contributed by atoms with Crippen LogP contribution in [0.1, 0.15) is 11.4 Å². The standard InChI is InChI=1S/C9H10FN5/c1-6-2-3-7(10)4-8(6)15-9(5-11)12-13-14-15/h2-4H,5,11H2,1H3. The summed E-state index contributed by atoms with van der Waals surface area (Å²) < 4.78 is 14.5. The fourth-order valence-electron chi connectivity index (χ4n) is 1.33. The molecule has 5 nitrogen and oxygen atoms in total. The lowest BCUT2D eigenvalue weighted by Crippen LogP contribution is -2.09. The summed E-state index contributed by atoms with van der Waals surface area (Å²) in [5.41, 5.74) is 6.96. The summed E-state index contributed by atoms with van der Waals surface area (Å²) in [6, 6.07) is 4.45.